The number of hydrogen-bond acceptors (Lipinski definition) is 0. The van der Waals surface area contributed by atoms with Gasteiger partial charge in [-0.25, -0.2) is 0 Å². The molecule has 0 atom stereocenters. The highest BCUT2D eigenvalue weighted by Crippen LogP contribution is 2.70. The van der Waals surface area contributed by atoms with Gasteiger partial charge in [-0.15, -0.1) is 0 Å². The number of hydrogen-bond donors (Lipinski definition) is 0. The molecular formula is C128H160Si2. The van der Waals surface area contributed by atoms with Crippen molar-refractivity contribution in [2.24, 2.45) is 0 Å². The third-order valence-electron chi connectivity index (χ3n) is 36.7. The van der Waals surface area contributed by atoms with Gasteiger partial charge in [0, 0.05) is 0 Å². The Kier molecular flexibility index (Phi) is 27.7. The van der Waals surface area contributed by atoms with Crippen LogP contribution < -0.4 is 41.5 Å². The molecule has 0 saturated carbocycles. The smallest absolute Gasteiger partial charge is 0.0654 e. The molecule has 0 heterocycles. The highest BCUT2D eigenvalue weighted by Gasteiger charge is 2.61. The molecule has 2 heteroatoms. The molecular weight excluding hydrogens is 1590 g/mol. The zero-order valence-corrected chi connectivity index (χ0v) is 85.5. The van der Waals surface area contributed by atoms with Crippen LogP contribution in [0.1, 0.15) is 386 Å². The predicted octanol–water partition coefficient (Wildman–Crippen LogP) is 32.1. The molecule has 0 spiro atoms. The van der Waals surface area contributed by atoms with Crippen LogP contribution in [0.2, 0.25) is 0 Å². The minimum atomic E-state index is -3.35. The lowest BCUT2D eigenvalue weighted by Gasteiger charge is -2.38. The van der Waals surface area contributed by atoms with E-state index in [4.69, 9.17) is 0 Å². The van der Waals surface area contributed by atoms with Crippen LogP contribution in [0.15, 0.2) is 243 Å². The lowest BCUT2D eigenvalue weighted by atomic mass is 9.67. The number of benzene rings is 13. The first kappa shape index (κ1) is 93.4. The van der Waals surface area contributed by atoms with Crippen molar-refractivity contribution in [2.75, 3.05) is 0 Å². The van der Waals surface area contributed by atoms with E-state index in [9.17, 15) is 0 Å². The van der Waals surface area contributed by atoms with Crippen LogP contribution in [0.3, 0.4) is 0 Å². The van der Waals surface area contributed by atoms with Crippen molar-refractivity contribution in [2.45, 2.75) is 385 Å². The zero-order chi connectivity index (χ0) is 90.9. The summed E-state index contributed by atoms with van der Waals surface area (Å²) in [4.78, 5) is 0. The van der Waals surface area contributed by atoms with Gasteiger partial charge in [0.25, 0.3) is 0 Å². The molecule has 0 nitrogen and oxygen atoms in total. The molecule has 0 unspecified atom stereocenters. The van der Waals surface area contributed by atoms with Crippen molar-refractivity contribution in [3.63, 3.8) is 0 Å². The molecule has 0 aliphatic heterocycles. The quantitative estimate of drug-likeness (QED) is 0.0155. The normalized spacial score (nSPS) is 17.0. The zero-order valence-electron chi connectivity index (χ0n) is 83.5. The minimum absolute atomic E-state index is 0.0356. The van der Waals surface area contributed by atoms with E-state index < -0.39 is 16.1 Å². The third-order valence-corrected chi connectivity index (χ3v) is 46.4. The fourth-order valence-electron chi connectivity index (χ4n) is 29.8. The van der Waals surface area contributed by atoms with Crippen LogP contribution in [0.5, 0.6) is 0 Å². The second-order valence-corrected chi connectivity index (χ2v) is 50.3. The number of fused-ring (bicyclic) bond motifs is 6. The summed E-state index contributed by atoms with van der Waals surface area (Å²) in [7, 11) is -6.70. The Bertz CT molecular complexity index is 5300. The summed E-state index contributed by atoms with van der Waals surface area (Å²) in [5.41, 5.74) is 20.6. The summed E-state index contributed by atoms with van der Waals surface area (Å²) in [6.07, 6.45) is 44.0. The fraction of sp³-hybridized carbons (Fsp3) is 0.469. The molecule has 0 fully saturated rings. The maximum Gasteiger partial charge on any atom is 0.180 e. The first-order valence-electron chi connectivity index (χ1n) is 53.5. The second kappa shape index (κ2) is 38.5. The summed E-state index contributed by atoms with van der Waals surface area (Å²) >= 11 is 0. The maximum atomic E-state index is 3.10. The molecule has 13 aromatic rings. The summed E-state index contributed by atoms with van der Waals surface area (Å²) < 4.78 is 0. The van der Waals surface area contributed by atoms with Gasteiger partial charge in [-0.3, -0.25) is 0 Å². The molecule has 13 aromatic carbocycles. The molecule has 0 aromatic heterocycles. The van der Waals surface area contributed by atoms with Gasteiger partial charge >= 0.3 is 0 Å². The highest BCUT2D eigenvalue weighted by molar-refractivity contribution is 7.21. The molecule has 0 amide bonds. The number of rotatable bonds is 42. The first-order chi connectivity index (χ1) is 63.5. The Morgan fingerprint density at radius 1 is 0.200 bits per heavy atom. The van der Waals surface area contributed by atoms with Crippen LogP contribution in [0, 0.1) is 0 Å². The van der Waals surface area contributed by atoms with Crippen LogP contribution in [-0.4, -0.2) is 16.1 Å². The van der Waals surface area contributed by atoms with Gasteiger partial charge in [-0.05, 0) is 347 Å². The topological polar surface area (TPSA) is 0 Å². The molecule has 0 N–H and O–H groups in total. The summed E-state index contributed by atoms with van der Waals surface area (Å²) in [6, 6.07) is 102. The van der Waals surface area contributed by atoms with E-state index in [-0.39, 0.29) is 43.3 Å². The summed E-state index contributed by atoms with van der Waals surface area (Å²) in [6.45, 7) is 41.2. The Morgan fingerprint density at radius 2 is 0.392 bits per heavy atom. The average Bonchev–Trinajstić information content (AvgIpc) is 1.23. The molecule has 4 aliphatic rings. The minimum Gasteiger partial charge on any atom is -0.0654 e. The van der Waals surface area contributed by atoms with Crippen LogP contribution in [-0.2, 0) is 43.3 Å². The van der Waals surface area contributed by atoms with E-state index >= 15 is 0 Å². The molecule has 680 valence electrons. The molecule has 130 heavy (non-hydrogen) atoms. The number of unbranched alkanes of at least 4 members (excludes halogenated alkanes) is 8. The molecule has 0 bridgehead atoms. The van der Waals surface area contributed by atoms with E-state index in [2.05, 4.69) is 353 Å². The SMILES string of the molecule is CCCCC1(CCCC)CC(CC)(CC)c2c1cc1c(c2-c2cc3c([Si](c4ccccc4)(c4ccccc4)c4ccccc4)ccc4c5ccc([Si](c6ccccc6)(c6ccccc6)c6ccccc6)c6cc(-c7c8c(cc9c7C(CC)(CC)CC9(CCCC)CCCC)C(CCCC)(CCCC)CC8(CC)CC)cc(c(c2)c34)c65)C(CC)(CC)CC1(CCCC)CCCC. The summed E-state index contributed by atoms with van der Waals surface area (Å²) in [5.74, 6) is 0. The van der Waals surface area contributed by atoms with Crippen molar-refractivity contribution in [1.82, 2.24) is 0 Å². The van der Waals surface area contributed by atoms with E-state index in [0.717, 1.165) is 51.4 Å². The highest BCUT2D eigenvalue weighted by atomic mass is 28.3. The van der Waals surface area contributed by atoms with Gasteiger partial charge in [-0.2, -0.15) is 0 Å². The van der Waals surface area contributed by atoms with Crippen LogP contribution in [0.4, 0.5) is 0 Å². The van der Waals surface area contributed by atoms with Crippen LogP contribution >= 0.6 is 0 Å². The van der Waals surface area contributed by atoms with Gasteiger partial charge in [0.1, 0.15) is 0 Å². The van der Waals surface area contributed by atoms with Gasteiger partial charge < -0.3 is 0 Å². The van der Waals surface area contributed by atoms with Crippen molar-refractivity contribution >= 4 is 101 Å². The van der Waals surface area contributed by atoms with Gasteiger partial charge in [-0.1, -0.05) is 432 Å². The molecule has 0 radical (unpaired) electrons. The maximum absolute atomic E-state index is 3.35. The van der Waals surface area contributed by atoms with Gasteiger partial charge in [0.2, 0.25) is 0 Å². The lowest BCUT2D eigenvalue weighted by Crippen LogP contribution is -2.75. The van der Waals surface area contributed by atoms with Crippen LogP contribution in [0.25, 0.3) is 65.3 Å². The molecule has 0 saturated heterocycles. The predicted molar refractivity (Wildman–Crippen MR) is 576 cm³/mol. The Labute approximate surface area is 789 Å². The van der Waals surface area contributed by atoms with Crippen molar-refractivity contribution in [1.29, 1.82) is 0 Å². The average molecular weight is 1750 g/mol. The monoisotopic (exact) mass is 1750 g/mol. The standard InChI is InChI=1S/C128H160Si2/c1-17-33-75-125(76-34-18-2)89-121(25-9,26-10)117-107(125)87-108-118(122(27-11,28-12)90-126(108,77-35-19-3)78-36-20-4)113(117)93-83-103-104-84-94(114-119-109(127(79-37-21-5,80-38-22-6)91-123(119,29-13)30-14)88-110-120(114)124(31-15,32-16)92-128(110,81-39-23-7)82-40-24-8)86-106-112(130(98-65-53-44-54-66-98,99-67-55-45-56-68-99)100-69-57-46-58-70-100)74-72-102(116(104)106)101-71-73-111(105(85-93)115(101)103)129(95-59-47-41-48-60-95,96-61-49-42-50-62-96)97-63-51-43-52-64-97/h41-74,83-88H,17-40,75-82,89-92H2,1-16H3. The van der Waals surface area contributed by atoms with Gasteiger partial charge in [0.15, 0.2) is 16.1 Å². The van der Waals surface area contributed by atoms with Crippen molar-refractivity contribution in [3.8, 4) is 22.3 Å². The third kappa shape index (κ3) is 14.8. The Morgan fingerprint density at radius 3 is 0.577 bits per heavy atom. The van der Waals surface area contributed by atoms with Gasteiger partial charge in [0.05, 0.1) is 0 Å². The second-order valence-electron chi connectivity index (χ2n) is 42.7. The largest absolute Gasteiger partial charge is 0.180 e. The first-order valence-corrected chi connectivity index (χ1v) is 57.5. The lowest BCUT2D eigenvalue weighted by molar-refractivity contribution is 0.255. The Hall–Kier alpha value is -8.41. The van der Waals surface area contributed by atoms with E-state index in [1.165, 1.54) is 275 Å². The van der Waals surface area contributed by atoms with E-state index in [1.807, 2.05) is 0 Å². The van der Waals surface area contributed by atoms with E-state index in [0.29, 0.717) is 0 Å². The Balaban J connectivity index is 1.20. The van der Waals surface area contributed by atoms with Crippen molar-refractivity contribution < 1.29 is 0 Å². The molecule has 17 rings (SSSR count). The van der Waals surface area contributed by atoms with E-state index in [1.54, 1.807) is 55.6 Å². The summed E-state index contributed by atoms with van der Waals surface area (Å²) in [5, 5.41) is 23.1. The fourth-order valence-corrected chi connectivity index (χ4v) is 39.7. The molecule has 4 aliphatic carbocycles. The van der Waals surface area contributed by atoms with Crippen molar-refractivity contribution in [3.05, 3.63) is 287 Å².